The van der Waals surface area contributed by atoms with Gasteiger partial charge in [0.25, 0.3) is 0 Å². The van der Waals surface area contributed by atoms with Crippen molar-refractivity contribution in [2.75, 3.05) is 11.5 Å². The summed E-state index contributed by atoms with van der Waals surface area (Å²) in [6.07, 6.45) is 3.77. The zero-order valence-electron chi connectivity index (χ0n) is 10.6. The number of aliphatic carboxylic acids is 2. The van der Waals surface area contributed by atoms with Gasteiger partial charge in [-0.3, -0.25) is 4.79 Å². The molecule has 0 aromatic rings. The van der Waals surface area contributed by atoms with E-state index in [1.807, 2.05) is 0 Å². The summed E-state index contributed by atoms with van der Waals surface area (Å²) in [4.78, 5) is 21.9. The van der Waals surface area contributed by atoms with Crippen molar-refractivity contribution in [1.82, 2.24) is 0 Å². The third-order valence-electron chi connectivity index (χ3n) is 2.56. The lowest BCUT2D eigenvalue weighted by molar-refractivity contribution is -0.143. The van der Waals surface area contributed by atoms with Crippen LogP contribution in [0.2, 0.25) is 0 Å². The van der Waals surface area contributed by atoms with Gasteiger partial charge in [0.05, 0.1) is 0 Å². The second-order valence-electron chi connectivity index (χ2n) is 4.08. The minimum Gasteiger partial charge on any atom is -0.481 e. The molecule has 100 valence electrons. The van der Waals surface area contributed by atoms with Gasteiger partial charge in [0, 0.05) is 10.9 Å². The average molecular weight is 263 g/mol. The van der Waals surface area contributed by atoms with E-state index in [0.717, 1.165) is 37.2 Å². The highest BCUT2D eigenvalue weighted by atomic mass is 32.2. The van der Waals surface area contributed by atoms with Crippen LogP contribution < -0.4 is 0 Å². The Kier molecular flexibility index (Phi) is 8.94. The summed E-state index contributed by atoms with van der Waals surface area (Å²) in [6, 6.07) is 0. The molecular weight excluding hydrogens is 240 g/mol. The van der Waals surface area contributed by atoms with Gasteiger partial charge in [-0.25, -0.2) is 4.79 Å². The molecule has 0 rings (SSSR count). The van der Waals surface area contributed by atoms with Crippen LogP contribution in [0.1, 0.15) is 46.0 Å². The van der Waals surface area contributed by atoms with Gasteiger partial charge in [0.2, 0.25) is 5.25 Å². The number of rotatable bonds is 10. The summed E-state index contributed by atoms with van der Waals surface area (Å²) in [5.74, 6) is -0.271. The summed E-state index contributed by atoms with van der Waals surface area (Å²) in [7, 11) is -0.293. The lowest BCUT2D eigenvalue weighted by atomic mass is 10.3. The first-order valence-electron chi connectivity index (χ1n) is 6.13. The highest BCUT2D eigenvalue weighted by Gasteiger charge is 2.37. The van der Waals surface area contributed by atoms with Gasteiger partial charge in [-0.05, 0) is 12.8 Å². The van der Waals surface area contributed by atoms with E-state index in [2.05, 4.69) is 13.8 Å². The van der Waals surface area contributed by atoms with Crippen molar-refractivity contribution in [3.63, 3.8) is 0 Å². The molecule has 0 aliphatic carbocycles. The lowest BCUT2D eigenvalue weighted by Gasteiger charge is -2.14. The second-order valence-corrected chi connectivity index (χ2v) is 6.54. The highest BCUT2D eigenvalue weighted by Crippen LogP contribution is 2.16. The monoisotopic (exact) mass is 263 g/mol. The van der Waals surface area contributed by atoms with E-state index >= 15 is 0 Å². The Labute approximate surface area is 106 Å². The molecule has 4 nitrogen and oxygen atoms in total. The van der Waals surface area contributed by atoms with E-state index in [4.69, 9.17) is 10.2 Å². The molecule has 0 aromatic carbocycles. The van der Waals surface area contributed by atoms with Crippen molar-refractivity contribution in [2.45, 2.75) is 51.2 Å². The zero-order chi connectivity index (χ0) is 13.3. The van der Waals surface area contributed by atoms with E-state index in [1.165, 1.54) is 0 Å². The average Bonchev–Trinajstić information content (AvgIpc) is 2.26. The maximum atomic E-state index is 11.1. The van der Waals surface area contributed by atoms with Gasteiger partial charge >= 0.3 is 11.9 Å². The molecule has 0 aliphatic heterocycles. The molecule has 0 saturated carbocycles. The van der Waals surface area contributed by atoms with Crippen molar-refractivity contribution in [3.05, 3.63) is 0 Å². The minimum absolute atomic E-state index is 0.244. The molecule has 0 heterocycles. The molecule has 2 N–H and O–H groups in total. The Morgan fingerprint density at radius 1 is 1.06 bits per heavy atom. The standard InChI is InChI=1S/C12H22O4S/c1-3-5-7-17(8-6-4-2)10(12(15)16)9-11(13)14/h10H,3-9H2,1-2H3,(H-,13,14,15,16)/p+1. The van der Waals surface area contributed by atoms with Crippen molar-refractivity contribution in [3.8, 4) is 0 Å². The summed E-state index contributed by atoms with van der Waals surface area (Å²) >= 11 is 0. The van der Waals surface area contributed by atoms with Crippen LogP contribution in [0, 0.1) is 0 Å². The Bertz CT molecular complexity index is 235. The van der Waals surface area contributed by atoms with Crippen molar-refractivity contribution in [1.29, 1.82) is 0 Å². The molecule has 17 heavy (non-hydrogen) atoms. The first kappa shape index (κ1) is 16.3. The van der Waals surface area contributed by atoms with Crippen molar-refractivity contribution >= 4 is 22.8 Å². The number of hydrogen-bond acceptors (Lipinski definition) is 2. The third-order valence-corrected chi connectivity index (χ3v) is 5.36. The molecule has 0 amide bonds. The van der Waals surface area contributed by atoms with E-state index in [0.29, 0.717) is 0 Å². The van der Waals surface area contributed by atoms with Gasteiger partial charge in [0.1, 0.15) is 17.9 Å². The van der Waals surface area contributed by atoms with Crippen LogP contribution in [0.5, 0.6) is 0 Å². The lowest BCUT2D eigenvalue weighted by Crippen LogP contribution is -2.36. The predicted molar refractivity (Wildman–Crippen MR) is 70.6 cm³/mol. The number of hydrogen-bond donors (Lipinski definition) is 2. The van der Waals surface area contributed by atoms with Crippen LogP contribution in [0.25, 0.3) is 0 Å². The third kappa shape index (κ3) is 7.26. The topological polar surface area (TPSA) is 74.6 Å². The molecule has 0 spiro atoms. The molecule has 0 saturated heterocycles. The van der Waals surface area contributed by atoms with Crippen LogP contribution in [0.4, 0.5) is 0 Å². The minimum atomic E-state index is -1.01. The van der Waals surface area contributed by atoms with Crippen molar-refractivity contribution < 1.29 is 19.8 Å². The summed E-state index contributed by atoms with van der Waals surface area (Å²) in [6.45, 7) is 4.13. The maximum Gasteiger partial charge on any atom is 0.357 e. The van der Waals surface area contributed by atoms with Crippen LogP contribution >= 0.6 is 0 Å². The molecule has 0 aromatic heterocycles. The van der Waals surface area contributed by atoms with E-state index in [9.17, 15) is 9.59 Å². The second kappa shape index (κ2) is 9.33. The largest absolute Gasteiger partial charge is 0.481 e. The molecule has 0 fully saturated rings. The molecule has 5 heteroatoms. The summed E-state index contributed by atoms with van der Waals surface area (Å²) in [5, 5.41) is 17.2. The molecule has 0 bridgehead atoms. The van der Waals surface area contributed by atoms with Crippen molar-refractivity contribution in [2.24, 2.45) is 0 Å². The molecule has 0 radical (unpaired) electrons. The quantitative estimate of drug-likeness (QED) is 0.592. The van der Waals surface area contributed by atoms with Gasteiger partial charge in [-0.2, -0.15) is 0 Å². The first-order chi connectivity index (χ1) is 8.02. The highest BCUT2D eigenvalue weighted by molar-refractivity contribution is 7.98. The van der Waals surface area contributed by atoms with E-state index in [-0.39, 0.29) is 17.3 Å². The number of carboxylic acid groups (broad SMARTS) is 2. The number of carbonyl (C=O) groups is 2. The fraction of sp³-hybridized carbons (Fsp3) is 0.833. The Hall–Kier alpha value is -0.710. The van der Waals surface area contributed by atoms with E-state index in [1.54, 1.807) is 0 Å². The number of carboxylic acids is 2. The fourth-order valence-electron chi connectivity index (χ4n) is 1.55. The van der Waals surface area contributed by atoms with Gasteiger partial charge in [-0.1, -0.05) is 26.7 Å². The smallest absolute Gasteiger partial charge is 0.357 e. The Morgan fingerprint density at radius 3 is 1.82 bits per heavy atom. The van der Waals surface area contributed by atoms with Gasteiger partial charge in [0.15, 0.2) is 0 Å². The summed E-state index contributed by atoms with van der Waals surface area (Å²) < 4.78 is 0. The van der Waals surface area contributed by atoms with Gasteiger partial charge in [-0.15, -0.1) is 0 Å². The first-order valence-corrected chi connectivity index (χ1v) is 7.76. The molecule has 1 atom stereocenters. The number of unbranched alkanes of at least 4 members (excludes halogenated alkanes) is 2. The Balaban J connectivity index is 4.54. The predicted octanol–water partition coefficient (Wildman–Crippen LogP) is 2.13. The van der Waals surface area contributed by atoms with Crippen LogP contribution in [-0.4, -0.2) is 38.9 Å². The SMILES string of the molecule is CCCC[S+](CCCC)C(CC(=O)O)C(=O)O. The molecule has 1 unspecified atom stereocenters. The van der Waals surface area contributed by atoms with Crippen LogP contribution in [-0.2, 0) is 20.5 Å². The zero-order valence-corrected chi connectivity index (χ0v) is 11.5. The molecular formula is C12H23O4S+. The van der Waals surface area contributed by atoms with Crippen LogP contribution in [0.15, 0.2) is 0 Å². The van der Waals surface area contributed by atoms with Gasteiger partial charge < -0.3 is 10.2 Å². The molecule has 0 aliphatic rings. The summed E-state index contributed by atoms with van der Waals surface area (Å²) in [5.41, 5.74) is 0. The van der Waals surface area contributed by atoms with E-state index < -0.39 is 17.2 Å². The normalized spacial score (nSPS) is 12.6. The maximum absolute atomic E-state index is 11.1. The fourth-order valence-corrected chi connectivity index (χ4v) is 4.31. The Morgan fingerprint density at radius 2 is 1.53 bits per heavy atom. The van der Waals surface area contributed by atoms with Crippen LogP contribution in [0.3, 0.4) is 0 Å².